The van der Waals surface area contributed by atoms with Crippen LogP contribution < -0.4 is 5.32 Å². The number of carbonyl (C=O) groups is 1. The van der Waals surface area contributed by atoms with Gasteiger partial charge in [-0.15, -0.1) is 0 Å². The van der Waals surface area contributed by atoms with Crippen molar-refractivity contribution >= 4 is 5.91 Å². The van der Waals surface area contributed by atoms with Crippen LogP contribution in [0.5, 0.6) is 0 Å². The molecule has 1 atom stereocenters. The summed E-state index contributed by atoms with van der Waals surface area (Å²) in [6.45, 7) is 6.34. The average molecular weight is 280 g/mol. The highest BCUT2D eigenvalue weighted by atomic mass is 16.3. The summed E-state index contributed by atoms with van der Waals surface area (Å²) in [5, 5.41) is 17.9. The molecule has 1 aliphatic rings. The smallest absolute Gasteiger partial charge is 0.271 e. The Labute approximate surface area is 119 Å². The van der Waals surface area contributed by atoms with E-state index in [2.05, 4.69) is 10.4 Å². The summed E-state index contributed by atoms with van der Waals surface area (Å²) >= 11 is 0. The Morgan fingerprint density at radius 1 is 1.60 bits per heavy atom. The van der Waals surface area contributed by atoms with Crippen molar-refractivity contribution in [2.75, 3.05) is 26.7 Å². The summed E-state index contributed by atoms with van der Waals surface area (Å²) in [5.41, 5.74) is 0.709. The number of aryl methyl sites for hydroxylation is 2. The van der Waals surface area contributed by atoms with Crippen molar-refractivity contribution in [2.45, 2.75) is 38.8 Å². The Hall–Kier alpha value is -1.40. The van der Waals surface area contributed by atoms with Gasteiger partial charge >= 0.3 is 0 Å². The minimum atomic E-state index is -0.810. The van der Waals surface area contributed by atoms with Gasteiger partial charge in [-0.3, -0.25) is 9.48 Å². The number of rotatable bonds is 5. The lowest BCUT2D eigenvalue weighted by Gasteiger charge is -2.28. The van der Waals surface area contributed by atoms with E-state index in [4.69, 9.17) is 0 Å². The highest BCUT2D eigenvalue weighted by Gasteiger charge is 2.34. The minimum Gasteiger partial charge on any atom is -0.387 e. The standard InChI is InChI=1S/C14H24N4O2/c1-4-11-8-12(18(5-2)16-11)13(19)17(3)10-14(20)6-7-15-9-14/h8,15,20H,4-7,9-10H2,1-3H3. The van der Waals surface area contributed by atoms with Gasteiger partial charge in [0.05, 0.1) is 17.8 Å². The maximum absolute atomic E-state index is 12.5. The van der Waals surface area contributed by atoms with Crippen molar-refractivity contribution in [3.8, 4) is 0 Å². The maximum atomic E-state index is 12.5. The quantitative estimate of drug-likeness (QED) is 0.812. The number of β-amino-alcohol motifs (C(OH)–C–C–N with tert-alkyl or cyclic N) is 1. The first-order valence-corrected chi connectivity index (χ1v) is 7.24. The van der Waals surface area contributed by atoms with Gasteiger partial charge in [-0.05, 0) is 32.4 Å². The van der Waals surface area contributed by atoms with E-state index in [0.717, 1.165) is 18.7 Å². The lowest BCUT2D eigenvalue weighted by atomic mass is 10.0. The zero-order chi connectivity index (χ0) is 14.8. The molecule has 0 aliphatic carbocycles. The summed E-state index contributed by atoms with van der Waals surface area (Å²) in [7, 11) is 1.73. The van der Waals surface area contributed by atoms with Gasteiger partial charge in [-0.1, -0.05) is 6.92 Å². The van der Waals surface area contributed by atoms with Crippen molar-refractivity contribution in [1.82, 2.24) is 20.0 Å². The molecular weight excluding hydrogens is 256 g/mol. The van der Waals surface area contributed by atoms with Crippen molar-refractivity contribution in [3.63, 3.8) is 0 Å². The molecule has 1 fully saturated rings. The molecule has 0 spiro atoms. The van der Waals surface area contributed by atoms with Crippen LogP contribution in [0.4, 0.5) is 0 Å². The van der Waals surface area contributed by atoms with Gasteiger partial charge < -0.3 is 15.3 Å². The fourth-order valence-electron chi connectivity index (χ4n) is 2.63. The fraction of sp³-hybridized carbons (Fsp3) is 0.714. The summed E-state index contributed by atoms with van der Waals surface area (Å²) in [4.78, 5) is 14.1. The molecule has 0 aromatic carbocycles. The molecule has 0 saturated carbocycles. The first-order chi connectivity index (χ1) is 9.49. The number of likely N-dealkylation sites (N-methyl/N-ethyl adjacent to an activating group) is 1. The molecule has 1 aromatic rings. The Morgan fingerprint density at radius 2 is 2.35 bits per heavy atom. The molecule has 2 N–H and O–H groups in total. The molecule has 1 aromatic heterocycles. The highest BCUT2D eigenvalue weighted by Crippen LogP contribution is 2.17. The van der Waals surface area contributed by atoms with Crippen LogP contribution in [0.25, 0.3) is 0 Å². The number of nitrogens with one attached hydrogen (secondary N) is 1. The average Bonchev–Trinajstić information content (AvgIpc) is 3.03. The lowest BCUT2D eigenvalue weighted by Crippen LogP contribution is -2.45. The number of aromatic nitrogens is 2. The van der Waals surface area contributed by atoms with Crippen LogP contribution in [0.1, 0.15) is 36.5 Å². The monoisotopic (exact) mass is 280 g/mol. The van der Waals surface area contributed by atoms with Crippen LogP contribution in [0.15, 0.2) is 6.07 Å². The van der Waals surface area contributed by atoms with Crippen LogP contribution >= 0.6 is 0 Å². The number of aliphatic hydroxyl groups is 1. The van der Waals surface area contributed by atoms with E-state index in [1.807, 2.05) is 19.9 Å². The largest absolute Gasteiger partial charge is 0.387 e. The predicted octanol–water partition coefficient (Wildman–Crippen LogP) is 0.262. The number of nitrogens with zero attached hydrogens (tertiary/aromatic N) is 3. The van der Waals surface area contributed by atoms with Crippen LogP contribution in [0.2, 0.25) is 0 Å². The molecule has 1 aliphatic heterocycles. The Balaban J connectivity index is 2.11. The summed E-state index contributed by atoms with van der Waals surface area (Å²) in [6, 6.07) is 1.85. The van der Waals surface area contributed by atoms with Gasteiger partial charge in [0.15, 0.2) is 0 Å². The predicted molar refractivity (Wildman–Crippen MR) is 76.7 cm³/mol. The summed E-state index contributed by atoms with van der Waals surface area (Å²) in [5.74, 6) is -0.0839. The van der Waals surface area contributed by atoms with E-state index >= 15 is 0 Å². The van der Waals surface area contributed by atoms with E-state index in [-0.39, 0.29) is 5.91 Å². The van der Waals surface area contributed by atoms with Crippen LogP contribution in [-0.4, -0.2) is 58.0 Å². The molecule has 0 bridgehead atoms. The third kappa shape index (κ3) is 3.02. The highest BCUT2D eigenvalue weighted by molar-refractivity contribution is 5.92. The second-order valence-corrected chi connectivity index (χ2v) is 5.50. The first kappa shape index (κ1) is 15.0. The van der Waals surface area contributed by atoms with E-state index in [1.54, 1.807) is 16.6 Å². The van der Waals surface area contributed by atoms with E-state index < -0.39 is 5.60 Å². The van der Waals surface area contributed by atoms with Crippen LogP contribution in [0.3, 0.4) is 0 Å². The van der Waals surface area contributed by atoms with Gasteiger partial charge in [0.1, 0.15) is 5.69 Å². The van der Waals surface area contributed by atoms with Crippen LogP contribution in [0, 0.1) is 0 Å². The van der Waals surface area contributed by atoms with Gasteiger partial charge in [0.2, 0.25) is 0 Å². The Bertz CT molecular complexity index is 478. The van der Waals surface area contributed by atoms with E-state index in [9.17, 15) is 9.90 Å². The second-order valence-electron chi connectivity index (χ2n) is 5.50. The lowest BCUT2D eigenvalue weighted by molar-refractivity contribution is 0.0247. The van der Waals surface area contributed by atoms with Crippen molar-refractivity contribution < 1.29 is 9.90 Å². The number of amides is 1. The van der Waals surface area contributed by atoms with Gasteiger partial charge in [0.25, 0.3) is 5.91 Å². The van der Waals surface area contributed by atoms with E-state index in [1.165, 1.54) is 0 Å². The molecule has 112 valence electrons. The molecule has 2 heterocycles. The third-order valence-corrected chi connectivity index (χ3v) is 3.81. The maximum Gasteiger partial charge on any atom is 0.271 e. The van der Waals surface area contributed by atoms with E-state index in [0.29, 0.717) is 31.7 Å². The van der Waals surface area contributed by atoms with Crippen molar-refractivity contribution in [2.24, 2.45) is 0 Å². The van der Waals surface area contributed by atoms with Crippen molar-refractivity contribution in [1.29, 1.82) is 0 Å². The molecular formula is C14H24N4O2. The number of carbonyl (C=O) groups excluding carboxylic acids is 1. The number of hydrogen-bond acceptors (Lipinski definition) is 4. The zero-order valence-corrected chi connectivity index (χ0v) is 12.5. The molecule has 1 saturated heterocycles. The SMILES string of the molecule is CCc1cc(C(=O)N(C)CC2(O)CCNC2)n(CC)n1. The fourth-order valence-corrected chi connectivity index (χ4v) is 2.63. The van der Waals surface area contributed by atoms with Gasteiger partial charge in [0, 0.05) is 20.1 Å². The first-order valence-electron chi connectivity index (χ1n) is 7.24. The summed E-state index contributed by atoms with van der Waals surface area (Å²) < 4.78 is 1.73. The number of hydrogen-bond donors (Lipinski definition) is 2. The van der Waals surface area contributed by atoms with Crippen molar-refractivity contribution in [3.05, 3.63) is 17.5 Å². The summed E-state index contributed by atoms with van der Waals surface area (Å²) in [6.07, 6.45) is 1.49. The zero-order valence-electron chi connectivity index (χ0n) is 12.5. The molecule has 20 heavy (non-hydrogen) atoms. The third-order valence-electron chi connectivity index (χ3n) is 3.81. The normalized spacial score (nSPS) is 22.2. The molecule has 6 nitrogen and oxygen atoms in total. The molecule has 0 radical (unpaired) electrons. The molecule has 2 rings (SSSR count). The molecule has 6 heteroatoms. The topological polar surface area (TPSA) is 70.4 Å². The Morgan fingerprint density at radius 3 is 2.90 bits per heavy atom. The molecule has 1 amide bonds. The Kier molecular flexibility index (Phi) is 4.45. The minimum absolute atomic E-state index is 0.0839. The van der Waals surface area contributed by atoms with Gasteiger partial charge in [-0.2, -0.15) is 5.10 Å². The second kappa shape index (κ2) is 5.93. The molecule has 1 unspecified atom stereocenters. The van der Waals surface area contributed by atoms with Gasteiger partial charge in [-0.25, -0.2) is 0 Å². The van der Waals surface area contributed by atoms with Crippen LogP contribution in [-0.2, 0) is 13.0 Å².